The van der Waals surface area contributed by atoms with Gasteiger partial charge in [0.05, 0.1) is 5.25 Å². The Bertz CT molecular complexity index is 1070. The Kier molecular flexibility index (Phi) is 4.87. The standard InChI is InChI=1S/C20H17N3O4S/c1-11(24)21-14-5-2-12(3-6-14)10-18-22-15-8-13(4-7-16(15)27-18)9-17-19(25)23-20(26)28-17/h2-8,17H,9-10H2,1H3,(H,21,24)(H,23,25,26). The number of aromatic nitrogens is 1. The molecule has 2 N–H and O–H groups in total. The highest BCUT2D eigenvalue weighted by molar-refractivity contribution is 8.15. The maximum Gasteiger partial charge on any atom is 0.286 e. The Labute approximate surface area is 164 Å². The molecular formula is C20H17N3O4S. The minimum atomic E-state index is -0.404. The number of carbonyl (C=O) groups excluding carboxylic acids is 3. The normalized spacial score (nSPS) is 16.4. The minimum absolute atomic E-state index is 0.111. The Balaban J connectivity index is 1.48. The monoisotopic (exact) mass is 395 g/mol. The van der Waals surface area contributed by atoms with E-state index in [-0.39, 0.29) is 17.1 Å². The van der Waals surface area contributed by atoms with E-state index in [0.717, 1.165) is 34.1 Å². The Morgan fingerprint density at radius 1 is 1.18 bits per heavy atom. The van der Waals surface area contributed by atoms with E-state index in [4.69, 9.17) is 4.42 Å². The summed E-state index contributed by atoms with van der Waals surface area (Å²) in [5.74, 6) is 0.224. The van der Waals surface area contributed by atoms with Gasteiger partial charge in [0.15, 0.2) is 11.5 Å². The summed E-state index contributed by atoms with van der Waals surface area (Å²) in [6.07, 6.45) is 0.991. The molecule has 0 saturated carbocycles. The SMILES string of the molecule is CC(=O)Nc1ccc(Cc2nc3cc(CC4SC(=O)NC4=O)ccc3o2)cc1. The average Bonchev–Trinajstić information content (AvgIpc) is 3.17. The number of fused-ring (bicyclic) bond motifs is 1. The van der Waals surface area contributed by atoms with E-state index in [1.165, 1.54) is 6.92 Å². The second kappa shape index (κ2) is 7.47. The van der Waals surface area contributed by atoms with Crippen LogP contribution < -0.4 is 10.6 Å². The highest BCUT2D eigenvalue weighted by Gasteiger charge is 2.31. The van der Waals surface area contributed by atoms with Gasteiger partial charge in [0, 0.05) is 19.0 Å². The summed E-state index contributed by atoms with van der Waals surface area (Å²) in [5.41, 5.74) is 4.07. The molecule has 1 aliphatic rings. The van der Waals surface area contributed by atoms with Crippen LogP contribution in [0.4, 0.5) is 10.5 Å². The zero-order valence-electron chi connectivity index (χ0n) is 15.0. The van der Waals surface area contributed by atoms with E-state index < -0.39 is 5.25 Å². The van der Waals surface area contributed by atoms with Crippen LogP contribution in [0, 0.1) is 0 Å². The third-order valence-electron chi connectivity index (χ3n) is 4.31. The quantitative estimate of drug-likeness (QED) is 0.688. The molecule has 1 aliphatic heterocycles. The second-order valence-corrected chi connectivity index (χ2v) is 7.73. The number of imide groups is 1. The molecule has 8 heteroatoms. The predicted octanol–water partition coefficient (Wildman–Crippen LogP) is 3.27. The summed E-state index contributed by atoms with van der Waals surface area (Å²) in [5, 5.41) is 4.32. The fourth-order valence-corrected chi connectivity index (χ4v) is 3.91. The third kappa shape index (κ3) is 4.07. The fraction of sp³-hybridized carbons (Fsp3) is 0.200. The number of hydrogen-bond acceptors (Lipinski definition) is 6. The van der Waals surface area contributed by atoms with Crippen LogP contribution in [0.15, 0.2) is 46.9 Å². The summed E-state index contributed by atoms with van der Waals surface area (Å²) < 4.78 is 5.81. The molecule has 28 heavy (non-hydrogen) atoms. The van der Waals surface area contributed by atoms with Crippen molar-refractivity contribution in [1.29, 1.82) is 0 Å². The lowest BCUT2D eigenvalue weighted by molar-refractivity contribution is -0.119. The van der Waals surface area contributed by atoms with Crippen molar-refractivity contribution in [2.45, 2.75) is 25.0 Å². The van der Waals surface area contributed by atoms with Crippen LogP contribution in [-0.2, 0) is 22.4 Å². The van der Waals surface area contributed by atoms with Gasteiger partial charge in [-0.3, -0.25) is 19.7 Å². The first-order valence-corrected chi connectivity index (χ1v) is 9.60. The number of rotatable bonds is 5. The van der Waals surface area contributed by atoms with Crippen molar-refractivity contribution in [1.82, 2.24) is 10.3 Å². The second-order valence-electron chi connectivity index (χ2n) is 6.55. The number of benzene rings is 2. The molecule has 3 amide bonds. The van der Waals surface area contributed by atoms with Crippen LogP contribution in [-0.4, -0.2) is 27.3 Å². The van der Waals surface area contributed by atoms with Crippen LogP contribution in [0.1, 0.15) is 23.9 Å². The topological polar surface area (TPSA) is 101 Å². The molecule has 2 heterocycles. The van der Waals surface area contributed by atoms with Gasteiger partial charge in [-0.05, 0) is 41.8 Å². The molecule has 0 spiro atoms. The number of thioether (sulfide) groups is 1. The van der Waals surface area contributed by atoms with Crippen molar-refractivity contribution >= 4 is 45.6 Å². The molecule has 1 atom stereocenters. The minimum Gasteiger partial charge on any atom is -0.440 e. The van der Waals surface area contributed by atoms with E-state index >= 15 is 0 Å². The van der Waals surface area contributed by atoms with E-state index in [9.17, 15) is 14.4 Å². The summed E-state index contributed by atoms with van der Waals surface area (Å²) in [6, 6.07) is 13.1. The summed E-state index contributed by atoms with van der Waals surface area (Å²) in [7, 11) is 0. The Hall–Kier alpha value is -3.13. The fourth-order valence-electron chi connectivity index (χ4n) is 3.05. The van der Waals surface area contributed by atoms with Crippen LogP contribution in [0.3, 0.4) is 0 Å². The number of nitrogens with zero attached hydrogens (tertiary/aromatic N) is 1. The molecule has 0 radical (unpaired) electrons. The molecule has 2 aromatic carbocycles. The van der Waals surface area contributed by atoms with E-state index in [2.05, 4.69) is 15.6 Å². The summed E-state index contributed by atoms with van der Waals surface area (Å²) in [4.78, 5) is 38.7. The van der Waals surface area contributed by atoms with Crippen LogP contribution >= 0.6 is 11.8 Å². The number of hydrogen-bond donors (Lipinski definition) is 2. The zero-order valence-corrected chi connectivity index (χ0v) is 15.8. The molecule has 4 rings (SSSR count). The van der Waals surface area contributed by atoms with Crippen LogP contribution in [0.2, 0.25) is 0 Å². The highest BCUT2D eigenvalue weighted by Crippen LogP contribution is 2.25. The third-order valence-corrected chi connectivity index (χ3v) is 5.30. The van der Waals surface area contributed by atoms with Crippen molar-refractivity contribution in [3.05, 3.63) is 59.5 Å². The first-order valence-electron chi connectivity index (χ1n) is 8.72. The maximum absolute atomic E-state index is 11.7. The van der Waals surface area contributed by atoms with Gasteiger partial charge in [-0.25, -0.2) is 4.98 Å². The lowest BCUT2D eigenvalue weighted by atomic mass is 10.1. The highest BCUT2D eigenvalue weighted by atomic mass is 32.2. The van der Waals surface area contributed by atoms with Gasteiger partial charge in [-0.2, -0.15) is 0 Å². The van der Waals surface area contributed by atoms with Gasteiger partial charge in [-0.1, -0.05) is 30.0 Å². The van der Waals surface area contributed by atoms with Crippen molar-refractivity contribution in [3.8, 4) is 0 Å². The molecule has 1 saturated heterocycles. The van der Waals surface area contributed by atoms with Crippen molar-refractivity contribution in [2.24, 2.45) is 0 Å². The lowest BCUT2D eigenvalue weighted by Gasteiger charge is -2.04. The van der Waals surface area contributed by atoms with E-state index in [1.54, 1.807) is 0 Å². The molecule has 0 aliphatic carbocycles. The number of anilines is 1. The van der Waals surface area contributed by atoms with Crippen LogP contribution in [0.25, 0.3) is 11.1 Å². The first-order chi connectivity index (χ1) is 13.5. The van der Waals surface area contributed by atoms with Gasteiger partial charge in [0.1, 0.15) is 5.52 Å². The maximum atomic E-state index is 11.7. The van der Waals surface area contributed by atoms with Gasteiger partial charge in [0.25, 0.3) is 5.24 Å². The molecule has 0 bridgehead atoms. The van der Waals surface area contributed by atoms with E-state index in [1.807, 2.05) is 42.5 Å². The predicted molar refractivity (Wildman–Crippen MR) is 106 cm³/mol. The van der Waals surface area contributed by atoms with Crippen molar-refractivity contribution in [3.63, 3.8) is 0 Å². The van der Waals surface area contributed by atoms with Gasteiger partial charge in [0.2, 0.25) is 11.8 Å². The smallest absolute Gasteiger partial charge is 0.286 e. The van der Waals surface area contributed by atoms with Gasteiger partial charge >= 0.3 is 0 Å². The molecule has 3 aromatic rings. The summed E-state index contributed by atoms with van der Waals surface area (Å²) >= 11 is 1.02. The Morgan fingerprint density at radius 3 is 2.61 bits per heavy atom. The number of carbonyl (C=O) groups is 3. The molecular weight excluding hydrogens is 378 g/mol. The Morgan fingerprint density at radius 2 is 1.93 bits per heavy atom. The molecule has 1 aromatic heterocycles. The zero-order chi connectivity index (χ0) is 19.7. The summed E-state index contributed by atoms with van der Waals surface area (Å²) in [6.45, 7) is 1.47. The molecule has 7 nitrogen and oxygen atoms in total. The van der Waals surface area contributed by atoms with E-state index in [0.29, 0.717) is 24.3 Å². The van der Waals surface area contributed by atoms with Gasteiger partial charge < -0.3 is 9.73 Å². The molecule has 1 fully saturated rings. The number of amides is 3. The lowest BCUT2D eigenvalue weighted by Crippen LogP contribution is -2.25. The molecule has 1 unspecified atom stereocenters. The van der Waals surface area contributed by atoms with Crippen molar-refractivity contribution in [2.75, 3.05) is 5.32 Å². The number of oxazole rings is 1. The molecule has 142 valence electrons. The van der Waals surface area contributed by atoms with Crippen LogP contribution in [0.5, 0.6) is 0 Å². The van der Waals surface area contributed by atoms with Gasteiger partial charge in [-0.15, -0.1) is 0 Å². The largest absolute Gasteiger partial charge is 0.440 e. The number of nitrogens with one attached hydrogen (secondary N) is 2. The first kappa shape index (κ1) is 18.2. The average molecular weight is 395 g/mol. The van der Waals surface area contributed by atoms with Crippen molar-refractivity contribution < 1.29 is 18.8 Å².